The van der Waals surface area contributed by atoms with Crippen molar-refractivity contribution in [2.24, 2.45) is 0 Å². The molecule has 2 atom stereocenters. The monoisotopic (exact) mass is 265 g/mol. The molecule has 110 valence electrons. The fourth-order valence-electron chi connectivity index (χ4n) is 3.30. The van der Waals surface area contributed by atoms with Crippen LogP contribution in [0, 0.1) is 11.3 Å². The van der Waals surface area contributed by atoms with Crippen molar-refractivity contribution in [3.05, 3.63) is 0 Å². The first-order valence-corrected chi connectivity index (χ1v) is 8.11. The molecule has 0 spiro atoms. The summed E-state index contributed by atoms with van der Waals surface area (Å²) >= 11 is 0. The van der Waals surface area contributed by atoms with Gasteiger partial charge >= 0.3 is 0 Å². The smallest absolute Gasteiger partial charge is 0.106 e. The number of hydrogen-bond acceptors (Lipinski definition) is 3. The standard InChI is InChI=1S/C16H31N3/c1-4-15-10-7-8-12-19(15)13-9-11-16(5-2,14-17)18-6-3/h15,18H,4-13H2,1-3H3. The van der Waals surface area contributed by atoms with Crippen LogP contribution < -0.4 is 5.32 Å². The van der Waals surface area contributed by atoms with Crippen molar-refractivity contribution in [3.8, 4) is 6.07 Å². The van der Waals surface area contributed by atoms with Gasteiger partial charge in [0.2, 0.25) is 0 Å². The summed E-state index contributed by atoms with van der Waals surface area (Å²) in [6, 6.07) is 3.28. The molecule has 1 rings (SSSR count). The lowest BCUT2D eigenvalue weighted by Gasteiger charge is -2.36. The minimum absolute atomic E-state index is 0.299. The van der Waals surface area contributed by atoms with Crippen LogP contribution in [0.1, 0.15) is 65.7 Å². The van der Waals surface area contributed by atoms with Gasteiger partial charge in [-0.2, -0.15) is 5.26 Å². The summed E-state index contributed by atoms with van der Waals surface area (Å²) in [6.07, 6.45) is 8.37. The number of nitriles is 1. The van der Waals surface area contributed by atoms with Crippen molar-refractivity contribution >= 4 is 0 Å². The summed E-state index contributed by atoms with van der Waals surface area (Å²) in [7, 11) is 0. The van der Waals surface area contributed by atoms with Crippen LogP contribution in [0.2, 0.25) is 0 Å². The number of piperidine rings is 1. The van der Waals surface area contributed by atoms with Crippen LogP contribution in [-0.4, -0.2) is 36.1 Å². The normalized spacial score (nSPS) is 23.8. The van der Waals surface area contributed by atoms with Crippen LogP contribution in [-0.2, 0) is 0 Å². The zero-order chi connectivity index (χ0) is 14.1. The summed E-state index contributed by atoms with van der Waals surface area (Å²) in [5, 5.41) is 12.8. The molecule has 1 fully saturated rings. The minimum atomic E-state index is -0.299. The van der Waals surface area contributed by atoms with Crippen molar-refractivity contribution in [1.82, 2.24) is 10.2 Å². The molecule has 19 heavy (non-hydrogen) atoms. The van der Waals surface area contributed by atoms with E-state index in [1.165, 1.54) is 32.2 Å². The highest BCUT2D eigenvalue weighted by molar-refractivity contribution is 5.06. The summed E-state index contributed by atoms with van der Waals surface area (Å²) in [5.41, 5.74) is -0.299. The predicted molar refractivity (Wildman–Crippen MR) is 81.0 cm³/mol. The molecule has 1 heterocycles. The molecular weight excluding hydrogens is 234 g/mol. The lowest BCUT2D eigenvalue weighted by molar-refractivity contribution is 0.138. The molecule has 0 aromatic carbocycles. The number of hydrogen-bond donors (Lipinski definition) is 1. The average Bonchev–Trinajstić information content (AvgIpc) is 2.47. The third-order valence-electron chi connectivity index (χ3n) is 4.60. The Morgan fingerprint density at radius 2 is 2.11 bits per heavy atom. The maximum Gasteiger partial charge on any atom is 0.106 e. The van der Waals surface area contributed by atoms with E-state index in [1.807, 2.05) is 0 Å². The van der Waals surface area contributed by atoms with Gasteiger partial charge in [0.1, 0.15) is 5.54 Å². The third kappa shape index (κ3) is 4.78. The molecule has 3 nitrogen and oxygen atoms in total. The fourth-order valence-corrected chi connectivity index (χ4v) is 3.30. The van der Waals surface area contributed by atoms with Gasteiger partial charge in [-0.05, 0) is 58.2 Å². The third-order valence-corrected chi connectivity index (χ3v) is 4.60. The molecule has 0 amide bonds. The van der Waals surface area contributed by atoms with Gasteiger partial charge in [0.15, 0.2) is 0 Å². The molecule has 3 heteroatoms. The van der Waals surface area contributed by atoms with E-state index in [4.69, 9.17) is 0 Å². The van der Waals surface area contributed by atoms with Crippen molar-refractivity contribution in [2.45, 2.75) is 77.3 Å². The first kappa shape index (κ1) is 16.5. The molecule has 1 aliphatic rings. The number of nitrogens with one attached hydrogen (secondary N) is 1. The highest BCUT2D eigenvalue weighted by atomic mass is 15.2. The molecule has 0 bridgehead atoms. The summed E-state index contributed by atoms with van der Waals surface area (Å²) in [5.74, 6) is 0. The van der Waals surface area contributed by atoms with Crippen LogP contribution in [0.3, 0.4) is 0 Å². The average molecular weight is 265 g/mol. The minimum Gasteiger partial charge on any atom is -0.300 e. The van der Waals surface area contributed by atoms with E-state index in [0.29, 0.717) is 0 Å². The van der Waals surface area contributed by atoms with Gasteiger partial charge < -0.3 is 4.90 Å². The van der Waals surface area contributed by atoms with E-state index >= 15 is 0 Å². The number of likely N-dealkylation sites (tertiary alicyclic amines) is 1. The Balaban J connectivity index is 2.40. The fraction of sp³-hybridized carbons (Fsp3) is 0.938. The summed E-state index contributed by atoms with van der Waals surface area (Å²) in [4.78, 5) is 2.65. The SMILES string of the molecule is CCNC(C#N)(CC)CCCN1CCCCC1CC. The van der Waals surface area contributed by atoms with E-state index in [2.05, 4.69) is 37.1 Å². The Hall–Kier alpha value is -0.590. The van der Waals surface area contributed by atoms with Gasteiger partial charge in [0, 0.05) is 6.04 Å². The Bertz CT molecular complexity index is 284. The zero-order valence-corrected chi connectivity index (χ0v) is 13.0. The highest BCUT2D eigenvalue weighted by Gasteiger charge is 2.27. The first-order valence-electron chi connectivity index (χ1n) is 8.11. The lowest BCUT2D eigenvalue weighted by Crippen LogP contribution is -2.45. The van der Waals surface area contributed by atoms with Gasteiger partial charge in [-0.1, -0.05) is 27.2 Å². The second-order valence-electron chi connectivity index (χ2n) is 5.78. The van der Waals surface area contributed by atoms with E-state index in [9.17, 15) is 5.26 Å². The van der Waals surface area contributed by atoms with Crippen molar-refractivity contribution < 1.29 is 0 Å². The van der Waals surface area contributed by atoms with E-state index < -0.39 is 0 Å². The van der Waals surface area contributed by atoms with Crippen molar-refractivity contribution in [3.63, 3.8) is 0 Å². The molecule has 0 aromatic rings. The Kier molecular flexibility index (Phi) is 7.41. The van der Waals surface area contributed by atoms with Crippen LogP contribution in [0.25, 0.3) is 0 Å². The van der Waals surface area contributed by atoms with E-state index in [0.717, 1.165) is 38.4 Å². The van der Waals surface area contributed by atoms with Crippen LogP contribution in [0.15, 0.2) is 0 Å². The summed E-state index contributed by atoms with van der Waals surface area (Å²) < 4.78 is 0. The van der Waals surface area contributed by atoms with Gasteiger partial charge in [0.25, 0.3) is 0 Å². The van der Waals surface area contributed by atoms with Crippen molar-refractivity contribution in [2.75, 3.05) is 19.6 Å². The van der Waals surface area contributed by atoms with Crippen LogP contribution >= 0.6 is 0 Å². The van der Waals surface area contributed by atoms with Gasteiger partial charge in [-0.15, -0.1) is 0 Å². The molecule has 2 unspecified atom stereocenters. The Morgan fingerprint density at radius 1 is 1.32 bits per heavy atom. The largest absolute Gasteiger partial charge is 0.300 e. The summed E-state index contributed by atoms with van der Waals surface area (Å²) in [6.45, 7) is 9.79. The van der Waals surface area contributed by atoms with E-state index in [1.54, 1.807) is 0 Å². The molecule has 0 aliphatic carbocycles. The second-order valence-corrected chi connectivity index (χ2v) is 5.78. The molecule has 1 N–H and O–H groups in total. The lowest BCUT2D eigenvalue weighted by atomic mass is 9.91. The highest BCUT2D eigenvalue weighted by Crippen LogP contribution is 2.22. The number of rotatable bonds is 8. The maximum atomic E-state index is 9.42. The number of nitrogens with zero attached hydrogens (tertiary/aromatic N) is 2. The quantitative estimate of drug-likeness (QED) is 0.732. The molecule has 0 aromatic heterocycles. The zero-order valence-electron chi connectivity index (χ0n) is 13.0. The molecule has 1 aliphatic heterocycles. The van der Waals surface area contributed by atoms with Gasteiger partial charge in [-0.3, -0.25) is 5.32 Å². The Morgan fingerprint density at radius 3 is 2.68 bits per heavy atom. The van der Waals surface area contributed by atoms with Crippen molar-refractivity contribution in [1.29, 1.82) is 5.26 Å². The predicted octanol–water partition coefficient (Wildman–Crippen LogP) is 3.31. The molecule has 0 radical (unpaired) electrons. The second kappa shape index (κ2) is 8.55. The molecular formula is C16H31N3. The Labute approximate surface area is 119 Å². The topological polar surface area (TPSA) is 39.1 Å². The van der Waals surface area contributed by atoms with Gasteiger partial charge in [0.05, 0.1) is 6.07 Å². The van der Waals surface area contributed by atoms with Crippen LogP contribution in [0.4, 0.5) is 0 Å². The molecule has 0 saturated carbocycles. The first-order chi connectivity index (χ1) is 9.21. The maximum absolute atomic E-state index is 9.42. The molecule has 1 saturated heterocycles. The van der Waals surface area contributed by atoms with E-state index in [-0.39, 0.29) is 5.54 Å². The van der Waals surface area contributed by atoms with Gasteiger partial charge in [-0.25, -0.2) is 0 Å². The van der Waals surface area contributed by atoms with Crippen LogP contribution in [0.5, 0.6) is 0 Å².